The third kappa shape index (κ3) is 1.46. The first-order chi connectivity index (χ1) is 5.90. The molecule has 0 amide bonds. The largest absolute Gasteiger partial charge is 0.374 e. The van der Waals surface area contributed by atoms with Crippen molar-refractivity contribution in [3.8, 4) is 0 Å². The van der Waals surface area contributed by atoms with Crippen molar-refractivity contribution in [1.82, 2.24) is 0 Å². The second-order valence-electron chi connectivity index (χ2n) is 3.59. The van der Waals surface area contributed by atoms with Gasteiger partial charge in [0.1, 0.15) is 0 Å². The van der Waals surface area contributed by atoms with Crippen molar-refractivity contribution in [3.63, 3.8) is 0 Å². The molecule has 0 aliphatic heterocycles. The summed E-state index contributed by atoms with van der Waals surface area (Å²) in [6, 6.07) is 0. The number of hydrogen-bond donors (Lipinski definition) is 0. The van der Waals surface area contributed by atoms with E-state index in [0.29, 0.717) is 17.9 Å². The Morgan fingerprint density at radius 2 is 2.00 bits per heavy atom. The van der Waals surface area contributed by atoms with Gasteiger partial charge in [-0.15, -0.1) is 0 Å². The van der Waals surface area contributed by atoms with Crippen molar-refractivity contribution >= 4 is 0 Å². The van der Waals surface area contributed by atoms with Crippen LogP contribution < -0.4 is 0 Å². The first kappa shape index (κ1) is 8.06. The average molecular weight is 164 g/mol. The Kier molecular flexibility index (Phi) is 2.31. The lowest BCUT2D eigenvalue weighted by Gasteiger charge is -2.22. The Labute approximate surface area is 74.1 Å². The highest BCUT2D eigenvalue weighted by Gasteiger charge is 2.24. The highest BCUT2D eigenvalue weighted by atomic mass is 16.5. The van der Waals surface area contributed by atoms with E-state index in [4.69, 9.17) is 4.74 Å². The standard InChI is InChI=1S/C11H16O/c1-2-12-11-8-5-9-3-6-10(11)7-4-9/h3,5-6,8-11H,2,4,7H2,1H3/t9-,10+,11-/m0/s1. The molecule has 0 radical (unpaired) electrons. The van der Waals surface area contributed by atoms with E-state index in [-0.39, 0.29) is 0 Å². The van der Waals surface area contributed by atoms with Crippen molar-refractivity contribution in [2.45, 2.75) is 25.9 Å². The zero-order chi connectivity index (χ0) is 8.39. The molecule has 1 nitrogen and oxygen atoms in total. The van der Waals surface area contributed by atoms with Crippen molar-refractivity contribution in [2.75, 3.05) is 6.61 Å². The Morgan fingerprint density at radius 1 is 1.17 bits per heavy atom. The smallest absolute Gasteiger partial charge is 0.0818 e. The molecular formula is C11H16O. The molecule has 0 heterocycles. The van der Waals surface area contributed by atoms with Crippen LogP contribution in [0.15, 0.2) is 24.3 Å². The van der Waals surface area contributed by atoms with E-state index >= 15 is 0 Å². The van der Waals surface area contributed by atoms with Crippen LogP contribution in [0.1, 0.15) is 19.8 Å². The van der Waals surface area contributed by atoms with Crippen LogP contribution in [-0.2, 0) is 4.74 Å². The number of rotatable bonds is 2. The van der Waals surface area contributed by atoms with Gasteiger partial charge >= 0.3 is 0 Å². The fourth-order valence-electron chi connectivity index (χ4n) is 2.06. The summed E-state index contributed by atoms with van der Waals surface area (Å²) < 4.78 is 5.65. The summed E-state index contributed by atoms with van der Waals surface area (Å²) in [7, 11) is 0. The minimum atomic E-state index is 0.346. The van der Waals surface area contributed by atoms with Crippen LogP contribution in [0.2, 0.25) is 0 Å². The van der Waals surface area contributed by atoms with Crippen molar-refractivity contribution in [1.29, 1.82) is 0 Å². The fraction of sp³-hybridized carbons (Fsp3) is 0.636. The van der Waals surface area contributed by atoms with Gasteiger partial charge < -0.3 is 4.74 Å². The molecule has 2 bridgehead atoms. The van der Waals surface area contributed by atoms with Gasteiger partial charge in [0.2, 0.25) is 0 Å². The maximum absolute atomic E-state index is 5.65. The van der Waals surface area contributed by atoms with Crippen LogP contribution in [-0.4, -0.2) is 12.7 Å². The molecule has 3 aliphatic carbocycles. The fourth-order valence-corrected chi connectivity index (χ4v) is 2.06. The molecule has 0 spiro atoms. The molecule has 3 aliphatic rings. The molecule has 66 valence electrons. The summed E-state index contributed by atoms with van der Waals surface area (Å²) >= 11 is 0. The number of fused-ring (bicyclic) bond motifs is 2. The quantitative estimate of drug-likeness (QED) is 0.570. The van der Waals surface area contributed by atoms with Gasteiger partial charge in [0.15, 0.2) is 0 Å². The molecule has 3 rings (SSSR count). The molecule has 12 heavy (non-hydrogen) atoms. The molecule has 0 N–H and O–H groups in total. The van der Waals surface area contributed by atoms with E-state index in [1.54, 1.807) is 0 Å². The number of hydrogen-bond acceptors (Lipinski definition) is 1. The van der Waals surface area contributed by atoms with Gasteiger partial charge in [-0.1, -0.05) is 24.3 Å². The van der Waals surface area contributed by atoms with Gasteiger partial charge in [-0.3, -0.25) is 0 Å². The number of allylic oxidation sites excluding steroid dienone is 2. The van der Waals surface area contributed by atoms with E-state index in [9.17, 15) is 0 Å². The zero-order valence-electron chi connectivity index (χ0n) is 7.57. The van der Waals surface area contributed by atoms with Crippen LogP contribution in [0.3, 0.4) is 0 Å². The van der Waals surface area contributed by atoms with Crippen LogP contribution in [0.25, 0.3) is 0 Å². The van der Waals surface area contributed by atoms with Crippen LogP contribution in [0.4, 0.5) is 0 Å². The van der Waals surface area contributed by atoms with Crippen molar-refractivity contribution in [2.24, 2.45) is 11.8 Å². The van der Waals surface area contributed by atoms with Gasteiger partial charge in [-0.2, -0.15) is 0 Å². The SMILES string of the molecule is CCO[C@H]1C=C[C@H]2C=C[C@@H]1CC2. The first-order valence-corrected chi connectivity index (χ1v) is 4.88. The predicted octanol–water partition coefficient (Wildman–Crippen LogP) is 2.54. The third-order valence-electron chi connectivity index (χ3n) is 2.77. The molecule has 0 fully saturated rings. The average Bonchev–Trinajstić information content (AvgIpc) is 2.40. The summed E-state index contributed by atoms with van der Waals surface area (Å²) in [5.74, 6) is 1.33. The molecule has 1 heteroatoms. The second-order valence-corrected chi connectivity index (χ2v) is 3.59. The highest BCUT2D eigenvalue weighted by molar-refractivity contribution is 5.15. The Hall–Kier alpha value is -0.560. The number of ether oxygens (including phenoxy) is 1. The summed E-state index contributed by atoms with van der Waals surface area (Å²) in [4.78, 5) is 0. The lowest BCUT2D eigenvalue weighted by Crippen LogP contribution is -2.20. The van der Waals surface area contributed by atoms with Crippen molar-refractivity contribution < 1.29 is 4.74 Å². The molecule has 3 atom stereocenters. The van der Waals surface area contributed by atoms with Gasteiger partial charge in [0.05, 0.1) is 6.10 Å². The molecule has 0 saturated carbocycles. The van der Waals surface area contributed by atoms with Gasteiger partial charge in [-0.05, 0) is 25.7 Å². The third-order valence-corrected chi connectivity index (χ3v) is 2.77. The van der Waals surface area contributed by atoms with E-state index in [1.165, 1.54) is 12.8 Å². The Balaban J connectivity index is 2.11. The highest BCUT2D eigenvalue weighted by Crippen LogP contribution is 2.31. The molecule has 0 aromatic carbocycles. The van der Waals surface area contributed by atoms with Crippen LogP contribution >= 0.6 is 0 Å². The maximum atomic E-state index is 5.65. The van der Waals surface area contributed by atoms with Gasteiger partial charge in [0.25, 0.3) is 0 Å². The van der Waals surface area contributed by atoms with Crippen molar-refractivity contribution in [3.05, 3.63) is 24.3 Å². The molecule has 0 saturated heterocycles. The second kappa shape index (κ2) is 3.44. The Bertz CT molecular complexity index is 205. The van der Waals surface area contributed by atoms with Gasteiger partial charge in [0, 0.05) is 12.5 Å². The summed E-state index contributed by atoms with van der Waals surface area (Å²) in [5.41, 5.74) is 0. The lowest BCUT2D eigenvalue weighted by atomic mass is 9.89. The first-order valence-electron chi connectivity index (χ1n) is 4.88. The normalized spacial score (nSPS) is 38.6. The lowest BCUT2D eigenvalue weighted by molar-refractivity contribution is 0.0653. The Morgan fingerprint density at radius 3 is 2.67 bits per heavy atom. The molecule has 0 aromatic heterocycles. The monoisotopic (exact) mass is 164 g/mol. The molecule has 0 aromatic rings. The van der Waals surface area contributed by atoms with E-state index in [0.717, 1.165) is 6.61 Å². The van der Waals surface area contributed by atoms with E-state index < -0.39 is 0 Å². The summed E-state index contributed by atoms with van der Waals surface area (Å²) in [5, 5.41) is 0. The minimum absolute atomic E-state index is 0.346. The van der Waals surface area contributed by atoms with E-state index in [1.807, 2.05) is 0 Å². The maximum Gasteiger partial charge on any atom is 0.0818 e. The van der Waals surface area contributed by atoms with E-state index in [2.05, 4.69) is 31.2 Å². The van der Waals surface area contributed by atoms with Crippen LogP contribution in [0, 0.1) is 11.8 Å². The topological polar surface area (TPSA) is 9.23 Å². The minimum Gasteiger partial charge on any atom is -0.374 e. The molecule has 0 unspecified atom stereocenters. The molecular weight excluding hydrogens is 148 g/mol. The summed E-state index contributed by atoms with van der Waals surface area (Å²) in [6.07, 6.45) is 12.1. The predicted molar refractivity (Wildman–Crippen MR) is 49.9 cm³/mol. The zero-order valence-corrected chi connectivity index (χ0v) is 7.57. The summed E-state index contributed by atoms with van der Waals surface area (Å²) in [6.45, 7) is 2.89. The van der Waals surface area contributed by atoms with Gasteiger partial charge in [-0.25, -0.2) is 0 Å². The van der Waals surface area contributed by atoms with Crippen LogP contribution in [0.5, 0.6) is 0 Å².